The molecule has 0 aliphatic rings. The minimum absolute atomic E-state index is 0.0538. The SMILES string of the molecule is O=C(c1ccc(O)c(Cc2ccc(Oc3ccccc3)cc2)c1)P(=O)(O)O. The van der Waals surface area contributed by atoms with Gasteiger partial charge in [-0.3, -0.25) is 9.36 Å². The summed E-state index contributed by atoms with van der Waals surface area (Å²) in [5.74, 6) is 1.31. The highest BCUT2D eigenvalue weighted by atomic mass is 31.2. The lowest BCUT2D eigenvalue weighted by Crippen LogP contribution is -2.01. The number of carbonyl (C=O) groups is 1. The Bertz CT molecular complexity index is 993. The normalized spacial score (nSPS) is 11.2. The monoisotopic (exact) mass is 384 g/mol. The van der Waals surface area contributed by atoms with Crippen LogP contribution in [0, 0.1) is 0 Å². The maximum atomic E-state index is 11.7. The van der Waals surface area contributed by atoms with Crippen LogP contribution in [0.15, 0.2) is 72.8 Å². The third kappa shape index (κ3) is 4.83. The number of ether oxygens (including phenoxy) is 1. The fraction of sp³-hybridized carbons (Fsp3) is 0.0500. The molecule has 3 N–H and O–H groups in total. The number of hydrogen-bond acceptors (Lipinski definition) is 4. The van der Waals surface area contributed by atoms with Crippen LogP contribution >= 0.6 is 7.60 Å². The van der Waals surface area contributed by atoms with E-state index in [-0.39, 0.29) is 11.3 Å². The van der Waals surface area contributed by atoms with Crippen molar-refractivity contribution < 1.29 is 29.0 Å². The van der Waals surface area contributed by atoms with Gasteiger partial charge in [-0.2, -0.15) is 0 Å². The Kier molecular flexibility index (Phi) is 5.42. The van der Waals surface area contributed by atoms with E-state index in [2.05, 4.69) is 0 Å². The number of benzene rings is 3. The second-order valence-electron chi connectivity index (χ2n) is 5.93. The van der Waals surface area contributed by atoms with Crippen LogP contribution in [0.1, 0.15) is 21.5 Å². The lowest BCUT2D eigenvalue weighted by atomic mass is 10.0. The Morgan fingerprint density at radius 1 is 0.889 bits per heavy atom. The number of rotatable bonds is 6. The van der Waals surface area contributed by atoms with Gasteiger partial charge in [-0.05, 0) is 53.6 Å². The van der Waals surface area contributed by atoms with Crippen molar-refractivity contribution in [1.29, 1.82) is 0 Å². The molecule has 138 valence electrons. The van der Waals surface area contributed by atoms with Crippen molar-refractivity contribution in [2.45, 2.75) is 6.42 Å². The van der Waals surface area contributed by atoms with E-state index in [0.717, 1.165) is 5.56 Å². The average Bonchev–Trinajstić information content (AvgIpc) is 2.64. The minimum Gasteiger partial charge on any atom is -0.508 e. The zero-order chi connectivity index (χ0) is 19.4. The van der Waals surface area contributed by atoms with E-state index in [0.29, 0.717) is 23.5 Å². The summed E-state index contributed by atoms with van der Waals surface area (Å²) in [7, 11) is -4.87. The quantitative estimate of drug-likeness (QED) is 0.553. The molecule has 0 aliphatic carbocycles. The van der Waals surface area contributed by atoms with Crippen molar-refractivity contribution in [1.82, 2.24) is 0 Å². The molecule has 0 spiro atoms. The molecule has 7 heteroatoms. The molecule has 0 radical (unpaired) electrons. The highest BCUT2D eigenvalue weighted by Gasteiger charge is 2.27. The number of para-hydroxylation sites is 1. The van der Waals surface area contributed by atoms with Gasteiger partial charge in [0, 0.05) is 12.0 Å². The van der Waals surface area contributed by atoms with Crippen LogP contribution in [-0.2, 0) is 11.0 Å². The summed E-state index contributed by atoms with van der Waals surface area (Å²) in [6.07, 6.45) is 0.291. The largest absolute Gasteiger partial charge is 0.508 e. The lowest BCUT2D eigenvalue weighted by Gasteiger charge is -2.10. The molecule has 0 atom stereocenters. The molecular formula is C20H17O6P. The highest BCUT2D eigenvalue weighted by Crippen LogP contribution is 2.39. The molecule has 0 bridgehead atoms. The van der Waals surface area contributed by atoms with Gasteiger partial charge in [0.25, 0.3) is 5.52 Å². The number of phenols is 1. The van der Waals surface area contributed by atoms with E-state index in [1.807, 2.05) is 42.5 Å². The van der Waals surface area contributed by atoms with E-state index in [1.165, 1.54) is 18.2 Å². The number of carbonyl (C=O) groups excluding carboxylic acids is 1. The van der Waals surface area contributed by atoms with Gasteiger partial charge in [-0.15, -0.1) is 0 Å². The van der Waals surface area contributed by atoms with Gasteiger partial charge >= 0.3 is 7.60 Å². The summed E-state index contributed by atoms with van der Waals surface area (Å²) in [6, 6.07) is 20.3. The van der Waals surface area contributed by atoms with Crippen LogP contribution in [0.25, 0.3) is 0 Å². The standard InChI is InChI=1S/C20H17O6P/c21-19-11-8-15(20(22)27(23,24)25)13-16(19)12-14-6-9-18(10-7-14)26-17-4-2-1-3-5-17/h1-11,13,21H,12H2,(H2,23,24,25). The summed E-state index contributed by atoms with van der Waals surface area (Å²) in [4.78, 5) is 29.8. The maximum absolute atomic E-state index is 11.7. The van der Waals surface area contributed by atoms with Crippen LogP contribution in [0.3, 0.4) is 0 Å². The molecule has 6 nitrogen and oxygen atoms in total. The minimum atomic E-state index is -4.87. The molecule has 27 heavy (non-hydrogen) atoms. The zero-order valence-corrected chi connectivity index (χ0v) is 15.0. The van der Waals surface area contributed by atoms with Crippen molar-refractivity contribution in [3.05, 3.63) is 89.5 Å². The number of hydrogen-bond donors (Lipinski definition) is 3. The molecular weight excluding hydrogens is 367 g/mol. The third-order valence-corrected chi connectivity index (χ3v) is 4.68. The first-order chi connectivity index (χ1) is 12.8. The summed E-state index contributed by atoms with van der Waals surface area (Å²) in [6.45, 7) is 0. The molecule has 0 saturated heterocycles. The molecule has 0 aromatic heterocycles. The van der Waals surface area contributed by atoms with Crippen molar-refractivity contribution in [2.75, 3.05) is 0 Å². The van der Waals surface area contributed by atoms with Gasteiger partial charge < -0.3 is 19.6 Å². The summed E-state index contributed by atoms with van der Waals surface area (Å²) in [5, 5.41) is 10.0. The van der Waals surface area contributed by atoms with Crippen LogP contribution in [0.4, 0.5) is 0 Å². The first kappa shape index (κ1) is 18.9. The third-order valence-electron chi connectivity index (χ3n) is 3.89. The Morgan fingerprint density at radius 3 is 2.15 bits per heavy atom. The van der Waals surface area contributed by atoms with Crippen LogP contribution in [0.2, 0.25) is 0 Å². The van der Waals surface area contributed by atoms with Gasteiger partial charge in [0.1, 0.15) is 17.2 Å². The maximum Gasteiger partial charge on any atom is 0.396 e. The smallest absolute Gasteiger partial charge is 0.396 e. The Morgan fingerprint density at radius 2 is 1.52 bits per heavy atom. The molecule has 0 fully saturated rings. The zero-order valence-electron chi connectivity index (χ0n) is 14.1. The number of aromatic hydroxyl groups is 1. The second-order valence-corrected chi connectivity index (χ2v) is 7.42. The molecule has 0 saturated carbocycles. The topological polar surface area (TPSA) is 104 Å². The Labute approximate surface area is 155 Å². The fourth-order valence-electron chi connectivity index (χ4n) is 2.55. The summed E-state index contributed by atoms with van der Waals surface area (Å²) < 4.78 is 16.9. The van der Waals surface area contributed by atoms with Gasteiger partial charge in [-0.1, -0.05) is 30.3 Å². The molecule has 3 aromatic rings. The molecule has 0 unspecified atom stereocenters. The first-order valence-corrected chi connectivity index (χ1v) is 9.68. The van der Waals surface area contributed by atoms with Gasteiger partial charge in [0.2, 0.25) is 0 Å². The van der Waals surface area contributed by atoms with Crippen molar-refractivity contribution in [3.63, 3.8) is 0 Å². The fourth-order valence-corrected chi connectivity index (χ4v) is 3.02. The Hall–Kier alpha value is -2.92. The van der Waals surface area contributed by atoms with Crippen molar-refractivity contribution in [2.24, 2.45) is 0 Å². The van der Waals surface area contributed by atoms with Crippen LogP contribution in [0.5, 0.6) is 17.2 Å². The molecule has 3 aromatic carbocycles. The van der Waals surface area contributed by atoms with Gasteiger partial charge in [0.15, 0.2) is 0 Å². The van der Waals surface area contributed by atoms with E-state index >= 15 is 0 Å². The van der Waals surface area contributed by atoms with E-state index in [4.69, 9.17) is 14.5 Å². The molecule has 0 heterocycles. The van der Waals surface area contributed by atoms with Crippen molar-refractivity contribution in [3.8, 4) is 17.2 Å². The Balaban J connectivity index is 1.77. The molecule has 0 aliphatic heterocycles. The first-order valence-electron chi connectivity index (χ1n) is 8.07. The van der Waals surface area contributed by atoms with E-state index in [9.17, 15) is 14.5 Å². The van der Waals surface area contributed by atoms with E-state index in [1.54, 1.807) is 12.1 Å². The second kappa shape index (κ2) is 7.76. The summed E-state index contributed by atoms with van der Waals surface area (Å²) >= 11 is 0. The predicted octanol–water partition coefficient (Wildman–Crippen LogP) is 4.09. The van der Waals surface area contributed by atoms with Crippen molar-refractivity contribution >= 4 is 13.1 Å². The highest BCUT2D eigenvalue weighted by molar-refractivity contribution is 7.70. The van der Waals surface area contributed by atoms with Gasteiger partial charge in [0.05, 0.1) is 0 Å². The van der Waals surface area contributed by atoms with Crippen LogP contribution < -0.4 is 4.74 Å². The predicted molar refractivity (Wildman–Crippen MR) is 100 cm³/mol. The lowest BCUT2D eigenvalue weighted by molar-refractivity contribution is 0.104. The molecule has 3 rings (SSSR count). The van der Waals surface area contributed by atoms with Gasteiger partial charge in [-0.25, -0.2) is 0 Å². The van der Waals surface area contributed by atoms with E-state index < -0.39 is 13.1 Å². The van der Waals surface area contributed by atoms with Crippen LogP contribution in [-0.4, -0.2) is 20.4 Å². The summed E-state index contributed by atoms with van der Waals surface area (Å²) in [5.41, 5.74) is -0.173. The average molecular weight is 384 g/mol. The molecule has 0 amide bonds. The number of phenolic OH excluding ortho intramolecular Hbond substituents is 1.